The highest BCUT2D eigenvalue weighted by Crippen LogP contribution is 2.10. The molecule has 0 saturated carbocycles. The molecule has 100 valence electrons. The van der Waals surface area contributed by atoms with Crippen LogP contribution in [0, 0.1) is 0 Å². The maximum absolute atomic E-state index is 10.8. The summed E-state index contributed by atoms with van der Waals surface area (Å²) < 4.78 is 5.44. The number of carbonyl (C=O) groups is 1. The lowest BCUT2D eigenvalue weighted by molar-refractivity contribution is 0.0696. The maximum Gasteiger partial charge on any atom is 0.335 e. The zero-order chi connectivity index (χ0) is 13.4. The van der Waals surface area contributed by atoms with Crippen molar-refractivity contribution >= 4 is 11.7 Å². The Kier molecular flexibility index (Phi) is 6.22. The molecular weight excluding hydrogens is 230 g/mol. The molecule has 0 amide bonds. The smallest absolute Gasteiger partial charge is 0.335 e. The average molecular weight is 251 g/mol. The van der Waals surface area contributed by atoms with Gasteiger partial charge < -0.3 is 15.2 Å². The first-order chi connectivity index (χ1) is 8.59. The van der Waals surface area contributed by atoms with Crippen molar-refractivity contribution < 1.29 is 14.6 Å². The standard InChI is InChI=1S/C14H21NO3/c1-11(2)18-9-4-3-8-15-13-7-5-6-12(10-13)14(16)17/h5-7,10-11,15H,3-4,8-9H2,1-2H3,(H,16,17). The van der Waals surface area contributed by atoms with Crippen LogP contribution in [0.5, 0.6) is 0 Å². The minimum absolute atomic E-state index is 0.283. The van der Waals surface area contributed by atoms with E-state index in [2.05, 4.69) is 5.32 Å². The Morgan fingerprint density at radius 2 is 2.17 bits per heavy atom. The highest BCUT2D eigenvalue weighted by Gasteiger charge is 2.02. The Morgan fingerprint density at radius 1 is 1.39 bits per heavy atom. The van der Waals surface area contributed by atoms with E-state index < -0.39 is 5.97 Å². The quantitative estimate of drug-likeness (QED) is 0.697. The molecule has 0 bridgehead atoms. The van der Waals surface area contributed by atoms with Crippen molar-refractivity contribution in [3.63, 3.8) is 0 Å². The molecule has 18 heavy (non-hydrogen) atoms. The molecule has 0 radical (unpaired) electrons. The second-order valence-electron chi connectivity index (χ2n) is 4.44. The molecule has 0 aliphatic carbocycles. The van der Waals surface area contributed by atoms with Gasteiger partial charge in [0.15, 0.2) is 0 Å². The topological polar surface area (TPSA) is 58.6 Å². The molecular formula is C14H21NO3. The zero-order valence-corrected chi connectivity index (χ0v) is 11.0. The molecule has 4 nitrogen and oxygen atoms in total. The molecule has 0 heterocycles. The van der Waals surface area contributed by atoms with Gasteiger partial charge in [-0.05, 0) is 44.9 Å². The van der Waals surface area contributed by atoms with Gasteiger partial charge in [-0.1, -0.05) is 6.07 Å². The van der Waals surface area contributed by atoms with Crippen LogP contribution in [0.15, 0.2) is 24.3 Å². The summed E-state index contributed by atoms with van der Waals surface area (Å²) in [5.74, 6) is -0.899. The number of ether oxygens (including phenoxy) is 1. The van der Waals surface area contributed by atoms with Gasteiger partial charge >= 0.3 is 5.97 Å². The molecule has 0 saturated heterocycles. The Balaban J connectivity index is 2.23. The number of aromatic carboxylic acids is 1. The van der Waals surface area contributed by atoms with E-state index in [-0.39, 0.29) is 6.10 Å². The van der Waals surface area contributed by atoms with Crippen molar-refractivity contribution in [2.24, 2.45) is 0 Å². The van der Waals surface area contributed by atoms with E-state index in [9.17, 15) is 4.79 Å². The van der Waals surface area contributed by atoms with Gasteiger partial charge in [0.25, 0.3) is 0 Å². The maximum atomic E-state index is 10.8. The normalized spacial score (nSPS) is 10.6. The molecule has 0 aliphatic heterocycles. The van der Waals surface area contributed by atoms with E-state index in [1.807, 2.05) is 19.9 Å². The van der Waals surface area contributed by atoms with Gasteiger partial charge in [-0.3, -0.25) is 0 Å². The molecule has 0 spiro atoms. The lowest BCUT2D eigenvalue weighted by Crippen LogP contribution is -2.07. The first-order valence-corrected chi connectivity index (χ1v) is 6.28. The predicted molar refractivity (Wildman–Crippen MR) is 72.2 cm³/mol. The van der Waals surface area contributed by atoms with E-state index in [4.69, 9.17) is 9.84 Å². The molecule has 1 aromatic rings. The first kappa shape index (κ1) is 14.5. The minimum atomic E-state index is -0.899. The molecule has 0 aliphatic rings. The molecule has 0 atom stereocenters. The third kappa shape index (κ3) is 5.68. The van der Waals surface area contributed by atoms with E-state index in [1.165, 1.54) is 0 Å². The summed E-state index contributed by atoms with van der Waals surface area (Å²) in [7, 11) is 0. The minimum Gasteiger partial charge on any atom is -0.478 e. The summed E-state index contributed by atoms with van der Waals surface area (Å²) in [4.78, 5) is 10.8. The van der Waals surface area contributed by atoms with E-state index in [1.54, 1.807) is 18.2 Å². The number of hydrogen-bond donors (Lipinski definition) is 2. The number of nitrogens with one attached hydrogen (secondary N) is 1. The van der Waals surface area contributed by atoms with E-state index in [0.29, 0.717) is 5.56 Å². The first-order valence-electron chi connectivity index (χ1n) is 6.28. The van der Waals surface area contributed by atoms with E-state index >= 15 is 0 Å². The number of rotatable bonds is 8. The predicted octanol–water partition coefficient (Wildman–Crippen LogP) is 3.00. The largest absolute Gasteiger partial charge is 0.478 e. The average Bonchev–Trinajstić information content (AvgIpc) is 2.33. The highest BCUT2D eigenvalue weighted by molar-refractivity contribution is 5.88. The fourth-order valence-corrected chi connectivity index (χ4v) is 1.54. The number of anilines is 1. The van der Waals surface area contributed by atoms with Crippen molar-refractivity contribution in [2.45, 2.75) is 32.8 Å². The summed E-state index contributed by atoms with van der Waals surface area (Å²) in [6.45, 7) is 5.64. The Labute approximate surface area is 108 Å². The van der Waals surface area contributed by atoms with Crippen LogP contribution in [0.4, 0.5) is 5.69 Å². The third-order valence-electron chi connectivity index (χ3n) is 2.46. The van der Waals surface area contributed by atoms with Crippen LogP contribution in [-0.4, -0.2) is 30.3 Å². The monoisotopic (exact) mass is 251 g/mol. The van der Waals surface area contributed by atoms with Crippen molar-refractivity contribution in [2.75, 3.05) is 18.5 Å². The van der Waals surface area contributed by atoms with Crippen molar-refractivity contribution in [3.8, 4) is 0 Å². The molecule has 2 N–H and O–H groups in total. The van der Waals surface area contributed by atoms with Gasteiger partial charge in [-0.2, -0.15) is 0 Å². The van der Waals surface area contributed by atoms with Crippen molar-refractivity contribution in [1.29, 1.82) is 0 Å². The number of carboxylic acid groups (broad SMARTS) is 1. The summed E-state index contributed by atoms with van der Waals surface area (Å²) >= 11 is 0. The van der Waals surface area contributed by atoms with Gasteiger partial charge in [-0.25, -0.2) is 4.79 Å². The summed E-state index contributed by atoms with van der Waals surface area (Å²) in [5, 5.41) is 12.1. The third-order valence-corrected chi connectivity index (χ3v) is 2.46. The molecule has 1 rings (SSSR count). The molecule has 1 aromatic carbocycles. The van der Waals surface area contributed by atoms with Gasteiger partial charge in [-0.15, -0.1) is 0 Å². The van der Waals surface area contributed by atoms with Crippen LogP contribution in [0.25, 0.3) is 0 Å². The van der Waals surface area contributed by atoms with Crippen LogP contribution >= 0.6 is 0 Å². The van der Waals surface area contributed by atoms with Gasteiger partial charge in [0.1, 0.15) is 0 Å². The number of unbranched alkanes of at least 4 members (excludes halogenated alkanes) is 1. The lowest BCUT2D eigenvalue weighted by atomic mass is 10.2. The van der Waals surface area contributed by atoms with Crippen LogP contribution in [0.3, 0.4) is 0 Å². The summed E-state index contributed by atoms with van der Waals surface area (Å²) in [6.07, 6.45) is 2.29. The number of carboxylic acids is 1. The Morgan fingerprint density at radius 3 is 2.83 bits per heavy atom. The zero-order valence-electron chi connectivity index (χ0n) is 11.0. The molecule has 0 unspecified atom stereocenters. The fourth-order valence-electron chi connectivity index (χ4n) is 1.54. The fraction of sp³-hybridized carbons (Fsp3) is 0.500. The molecule has 0 aromatic heterocycles. The Bertz CT molecular complexity index is 377. The summed E-state index contributed by atoms with van der Waals surface area (Å²) in [5.41, 5.74) is 1.16. The lowest BCUT2D eigenvalue weighted by Gasteiger charge is -2.09. The molecule has 4 heteroatoms. The number of benzene rings is 1. The second-order valence-corrected chi connectivity index (χ2v) is 4.44. The van der Waals surface area contributed by atoms with Crippen LogP contribution in [-0.2, 0) is 4.74 Å². The van der Waals surface area contributed by atoms with Crippen molar-refractivity contribution in [3.05, 3.63) is 29.8 Å². The van der Waals surface area contributed by atoms with Gasteiger partial charge in [0.2, 0.25) is 0 Å². The van der Waals surface area contributed by atoms with Crippen LogP contribution < -0.4 is 5.32 Å². The van der Waals surface area contributed by atoms with Gasteiger partial charge in [0, 0.05) is 18.8 Å². The van der Waals surface area contributed by atoms with Gasteiger partial charge in [0.05, 0.1) is 11.7 Å². The SMILES string of the molecule is CC(C)OCCCCNc1cccc(C(=O)O)c1. The van der Waals surface area contributed by atoms with Crippen molar-refractivity contribution in [1.82, 2.24) is 0 Å². The van der Waals surface area contributed by atoms with Crippen LogP contribution in [0.2, 0.25) is 0 Å². The number of hydrogen-bond acceptors (Lipinski definition) is 3. The second kappa shape index (κ2) is 7.71. The molecule has 0 fully saturated rings. The van der Waals surface area contributed by atoms with Crippen LogP contribution in [0.1, 0.15) is 37.0 Å². The highest BCUT2D eigenvalue weighted by atomic mass is 16.5. The van der Waals surface area contributed by atoms with E-state index in [0.717, 1.165) is 31.7 Å². The Hall–Kier alpha value is -1.55. The summed E-state index contributed by atoms with van der Waals surface area (Å²) in [6, 6.07) is 6.85.